The minimum absolute atomic E-state index is 0.306. The van der Waals surface area contributed by atoms with E-state index in [9.17, 15) is 0 Å². The van der Waals surface area contributed by atoms with E-state index in [1.165, 1.54) is 16.7 Å². The van der Waals surface area contributed by atoms with Gasteiger partial charge in [0.1, 0.15) is 5.75 Å². The van der Waals surface area contributed by atoms with Crippen molar-refractivity contribution in [2.24, 2.45) is 0 Å². The molecule has 1 heterocycles. The summed E-state index contributed by atoms with van der Waals surface area (Å²) in [4.78, 5) is 0. The Bertz CT molecular complexity index is 533. The molecule has 0 unspecified atom stereocenters. The number of methoxy groups -OCH3 is 1. The van der Waals surface area contributed by atoms with Crippen molar-refractivity contribution in [1.29, 1.82) is 0 Å². The maximum atomic E-state index is 5.21. The number of benzene rings is 2. The van der Waals surface area contributed by atoms with Gasteiger partial charge in [-0.1, -0.05) is 36.4 Å². The number of fused-ring (bicyclic) bond motifs is 1. The molecule has 2 nitrogen and oxygen atoms in total. The summed E-state index contributed by atoms with van der Waals surface area (Å²) in [6, 6.07) is 17.3. The molecule has 0 saturated heterocycles. The highest BCUT2D eigenvalue weighted by molar-refractivity contribution is 5.40. The summed E-state index contributed by atoms with van der Waals surface area (Å²) >= 11 is 0. The van der Waals surface area contributed by atoms with Crippen LogP contribution in [0.5, 0.6) is 5.75 Å². The molecule has 1 atom stereocenters. The van der Waals surface area contributed by atoms with Crippen molar-refractivity contribution in [3.63, 3.8) is 0 Å². The maximum absolute atomic E-state index is 5.21. The van der Waals surface area contributed by atoms with E-state index in [1.807, 2.05) is 12.1 Å². The van der Waals surface area contributed by atoms with E-state index in [-0.39, 0.29) is 0 Å². The Labute approximate surface area is 108 Å². The van der Waals surface area contributed by atoms with Gasteiger partial charge in [0, 0.05) is 6.54 Å². The van der Waals surface area contributed by atoms with Gasteiger partial charge >= 0.3 is 0 Å². The molecule has 2 aromatic carbocycles. The predicted octanol–water partition coefficient (Wildman–Crippen LogP) is 2.93. The van der Waals surface area contributed by atoms with Gasteiger partial charge in [-0.25, -0.2) is 0 Å². The quantitative estimate of drug-likeness (QED) is 0.870. The van der Waals surface area contributed by atoms with E-state index in [2.05, 4.69) is 41.7 Å². The van der Waals surface area contributed by atoms with Crippen LogP contribution in [0.25, 0.3) is 0 Å². The molecule has 18 heavy (non-hydrogen) atoms. The van der Waals surface area contributed by atoms with Crippen molar-refractivity contribution < 1.29 is 4.74 Å². The van der Waals surface area contributed by atoms with Crippen molar-refractivity contribution in [2.45, 2.75) is 12.5 Å². The smallest absolute Gasteiger partial charge is 0.118 e. The van der Waals surface area contributed by atoms with E-state index >= 15 is 0 Å². The SMILES string of the molecule is COc1ccc([C@@H]2NCCc3ccccc32)cc1. The number of hydrogen-bond acceptors (Lipinski definition) is 2. The van der Waals surface area contributed by atoms with Gasteiger partial charge in [0.25, 0.3) is 0 Å². The Kier molecular flexibility index (Phi) is 3.03. The molecule has 0 bridgehead atoms. The summed E-state index contributed by atoms with van der Waals surface area (Å²) in [6.45, 7) is 1.04. The standard InChI is InChI=1S/C16H17NO/c1-18-14-8-6-13(7-9-14)16-15-5-3-2-4-12(15)10-11-17-16/h2-9,16-17H,10-11H2,1H3/t16-/m0/s1. The first-order valence-corrected chi connectivity index (χ1v) is 6.33. The summed E-state index contributed by atoms with van der Waals surface area (Å²) in [5.74, 6) is 0.905. The van der Waals surface area contributed by atoms with Crippen LogP contribution in [0.1, 0.15) is 22.7 Å². The van der Waals surface area contributed by atoms with Crippen LogP contribution in [0, 0.1) is 0 Å². The van der Waals surface area contributed by atoms with Crippen LogP contribution in [0.3, 0.4) is 0 Å². The van der Waals surface area contributed by atoms with Crippen molar-refractivity contribution in [1.82, 2.24) is 5.32 Å². The van der Waals surface area contributed by atoms with E-state index in [0.717, 1.165) is 18.7 Å². The van der Waals surface area contributed by atoms with Crippen molar-refractivity contribution in [3.05, 3.63) is 65.2 Å². The molecule has 1 aliphatic rings. The highest BCUT2D eigenvalue weighted by atomic mass is 16.5. The fraction of sp³-hybridized carbons (Fsp3) is 0.250. The van der Waals surface area contributed by atoms with Crippen molar-refractivity contribution in [3.8, 4) is 5.75 Å². The molecule has 2 aromatic rings. The zero-order valence-electron chi connectivity index (χ0n) is 10.5. The Morgan fingerprint density at radius 2 is 1.83 bits per heavy atom. The Morgan fingerprint density at radius 1 is 1.06 bits per heavy atom. The van der Waals surface area contributed by atoms with Crippen LogP contribution in [0.15, 0.2) is 48.5 Å². The third kappa shape index (κ3) is 2.00. The molecule has 3 rings (SSSR count). The average molecular weight is 239 g/mol. The highest BCUT2D eigenvalue weighted by Crippen LogP contribution is 2.29. The summed E-state index contributed by atoms with van der Waals surface area (Å²) in [5, 5.41) is 3.59. The van der Waals surface area contributed by atoms with Gasteiger partial charge < -0.3 is 10.1 Å². The van der Waals surface area contributed by atoms with E-state index in [1.54, 1.807) is 7.11 Å². The van der Waals surface area contributed by atoms with Gasteiger partial charge in [0.2, 0.25) is 0 Å². The maximum Gasteiger partial charge on any atom is 0.118 e. The molecule has 0 aliphatic carbocycles. The minimum Gasteiger partial charge on any atom is -0.497 e. The van der Waals surface area contributed by atoms with E-state index in [0.29, 0.717) is 6.04 Å². The summed E-state index contributed by atoms with van der Waals surface area (Å²) in [6.07, 6.45) is 1.11. The van der Waals surface area contributed by atoms with Crippen molar-refractivity contribution in [2.75, 3.05) is 13.7 Å². The van der Waals surface area contributed by atoms with Crippen LogP contribution in [-0.4, -0.2) is 13.7 Å². The minimum atomic E-state index is 0.306. The van der Waals surface area contributed by atoms with Gasteiger partial charge in [-0.05, 0) is 35.2 Å². The molecule has 0 spiro atoms. The lowest BCUT2D eigenvalue weighted by Crippen LogP contribution is -2.30. The predicted molar refractivity (Wildman–Crippen MR) is 73.0 cm³/mol. The zero-order chi connectivity index (χ0) is 12.4. The molecular formula is C16H17NO. The fourth-order valence-corrected chi connectivity index (χ4v) is 2.60. The first-order chi connectivity index (χ1) is 8.88. The lowest BCUT2D eigenvalue weighted by atomic mass is 9.90. The van der Waals surface area contributed by atoms with Gasteiger partial charge in [-0.2, -0.15) is 0 Å². The number of ether oxygens (including phenoxy) is 1. The second kappa shape index (κ2) is 4.83. The largest absolute Gasteiger partial charge is 0.497 e. The molecule has 0 radical (unpaired) electrons. The second-order valence-corrected chi connectivity index (χ2v) is 4.61. The molecule has 0 aromatic heterocycles. The van der Waals surface area contributed by atoms with Crippen molar-refractivity contribution >= 4 is 0 Å². The van der Waals surface area contributed by atoms with Crippen LogP contribution in [-0.2, 0) is 6.42 Å². The lowest BCUT2D eigenvalue weighted by molar-refractivity contribution is 0.414. The lowest BCUT2D eigenvalue weighted by Gasteiger charge is -2.27. The van der Waals surface area contributed by atoms with Gasteiger partial charge in [-0.15, -0.1) is 0 Å². The monoisotopic (exact) mass is 239 g/mol. The fourth-order valence-electron chi connectivity index (χ4n) is 2.60. The van der Waals surface area contributed by atoms with E-state index in [4.69, 9.17) is 4.74 Å². The molecule has 0 saturated carbocycles. The molecule has 0 fully saturated rings. The summed E-state index contributed by atoms with van der Waals surface area (Å²) in [5.41, 5.74) is 4.15. The van der Waals surface area contributed by atoms with Crippen LogP contribution in [0.2, 0.25) is 0 Å². The van der Waals surface area contributed by atoms with Gasteiger partial charge in [0.05, 0.1) is 13.2 Å². The molecule has 2 heteroatoms. The topological polar surface area (TPSA) is 21.3 Å². The Morgan fingerprint density at radius 3 is 2.61 bits per heavy atom. The average Bonchev–Trinajstić information content (AvgIpc) is 2.47. The zero-order valence-corrected chi connectivity index (χ0v) is 10.5. The Hall–Kier alpha value is -1.80. The number of rotatable bonds is 2. The Balaban J connectivity index is 1.97. The molecule has 0 amide bonds. The van der Waals surface area contributed by atoms with Crippen LogP contribution < -0.4 is 10.1 Å². The first-order valence-electron chi connectivity index (χ1n) is 6.33. The highest BCUT2D eigenvalue weighted by Gasteiger charge is 2.20. The molecule has 92 valence electrons. The molecule has 1 N–H and O–H groups in total. The summed E-state index contributed by atoms with van der Waals surface area (Å²) in [7, 11) is 1.70. The molecule has 1 aliphatic heterocycles. The third-order valence-corrected chi connectivity index (χ3v) is 3.56. The van der Waals surface area contributed by atoms with Gasteiger partial charge in [0.15, 0.2) is 0 Å². The van der Waals surface area contributed by atoms with Gasteiger partial charge in [-0.3, -0.25) is 0 Å². The second-order valence-electron chi connectivity index (χ2n) is 4.61. The first kappa shape index (κ1) is 11.3. The number of nitrogens with one attached hydrogen (secondary N) is 1. The summed E-state index contributed by atoms with van der Waals surface area (Å²) < 4.78 is 5.21. The normalized spacial score (nSPS) is 18.2. The third-order valence-electron chi connectivity index (χ3n) is 3.56. The van der Waals surface area contributed by atoms with Crippen LogP contribution in [0.4, 0.5) is 0 Å². The van der Waals surface area contributed by atoms with E-state index < -0.39 is 0 Å². The number of hydrogen-bond donors (Lipinski definition) is 1. The molecular weight excluding hydrogens is 222 g/mol. The van der Waals surface area contributed by atoms with Crippen LogP contribution >= 0.6 is 0 Å².